The molecule has 11 heavy (non-hydrogen) atoms. The van der Waals surface area contributed by atoms with Crippen molar-refractivity contribution < 1.29 is 9.90 Å². The Bertz CT molecular complexity index is 376. The Morgan fingerprint density at radius 2 is 2.45 bits per heavy atom. The van der Waals surface area contributed by atoms with Crippen LogP contribution in [0.15, 0.2) is 6.07 Å². The lowest BCUT2D eigenvalue weighted by Crippen LogP contribution is -1.89. The molecule has 0 spiro atoms. The van der Waals surface area contributed by atoms with E-state index < -0.39 is 5.97 Å². The van der Waals surface area contributed by atoms with E-state index in [1.165, 1.54) is 6.07 Å². The van der Waals surface area contributed by atoms with Crippen molar-refractivity contribution in [2.75, 3.05) is 0 Å². The summed E-state index contributed by atoms with van der Waals surface area (Å²) in [5.74, 6) is -0.935. The fourth-order valence-corrected chi connectivity index (χ4v) is 1.52. The summed E-state index contributed by atoms with van der Waals surface area (Å²) in [5, 5.41) is 18.4. The number of carbonyl (C=O) groups is 1. The van der Waals surface area contributed by atoms with Crippen molar-refractivity contribution in [3.8, 4) is 0 Å². The molecule has 0 unspecified atom stereocenters. The zero-order valence-corrected chi connectivity index (χ0v) is 6.05. The molecular weight excluding hydrogens is 166 g/mol. The van der Waals surface area contributed by atoms with E-state index in [2.05, 4.69) is 15.4 Å². The second kappa shape index (κ2) is 2.03. The lowest BCUT2D eigenvalue weighted by atomic mass is 10.4. The molecule has 0 aliphatic carbocycles. The van der Waals surface area contributed by atoms with Crippen molar-refractivity contribution in [3.05, 3.63) is 10.9 Å². The molecule has 0 fully saturated rings. The second-order valence-electron chi connectivity index (χ2n) is 1.93. The molecule has 56 valence electrons. The number of nitrogens with one attached hydrogen (secondary N) is 1. The molecule has 0 aliphatic rings. The van der Waals surface area contributed by atoms with Gasteiger partial charge in [-0.1, -0.05) is 0 Å². The normalized spacial score (nSPS) is 10.5. The number of rotatable bonds is 1. The van der Waals surface area contributed by atoms with Crippen LogP contribution >= 0.6 is 11.3 Å². The van der Waals surface area contributed by atoms with Gasteiger partial charge in [0.2, 0.25) is 0 Å². The highest BCUT2D eigenvalue weighted by Gasteiger charge is 2.09. The highest BCUT2D eigenvalue weighted by atomic mass is 32.1. The number of nitrogens with zero attached hydrogens (tertiary/aromatic N) is 2. The van der Waals surface area contributed by atoms with Gasteiger partial charge in [0, 0.05) is 0 Å². The first-order chi connectivity index (χ1) is 5.27. The molecule has 2 aromatic heterocycles. The Hall–Kier alpha value is -1.43. The van der Waals surface area contributed by atoms with Crippen LogP contribution in [0.3, 0.4) is 0 Å². The zero-order chi connectivity index (χ0) is 7.84. The van der Waals surface area contributed by atoms with Crippen molar-refractivity contribution in [2.45, 2.75) is 0 Å². The molecule has 0 amide bonds. The summed E-state index contributed by atoms with van der Waals surface area (Å²) in [6, 6.07) is 1.49. The molecule has 0 aromatic carbocycles. The molecule has 6 heteroatoms. The van der Waals surface area contributed by atoms with E-state index in [1.54, 1.807) is 0 Å². The van der Waals surface area contributed by atoms with E-state index in [-0.39, 0.29) is 4.88 Å². The SMILES string of the molecule is O=C(O)c1cc2n[nH]nc2s1. The van der Waals surface area contributed by atoms with E-state index in [0.717, 1.165) is 11.3 Å². The number of aromatic nitrogens is 3. The molecule has 0 atom stereocenters. The largest absolute Gasteiger partial charge is 0.477 e. The van der Waals surface area contributed by atoms with Gasteiger partial charge in [-0.25, -0.2) is 4.79 Å². The minimum Gasteiger partial charge on any atom is -0.477 e. The first kappa shape index (κ1) is 6.29. The smallest absolute Gasteiger partial charge is 0.346 e. The average molecular weight is 169 g/mol. The van der Waals surface area contributed by atoms with Crippen molar-refractivity contribution in [2.24, 2.45) is 0 Å². The number of fused-ring (bicyclic) bond motifs is 1. The standard InChI is InChI=1S/C5H3N3O2S/c9-5(10)3-1-2-4(11-3)7-8-6-2/h1H,(H,9,10)(H,6,7,8). The summed E-state index contributed by atoms with van der Waals surface area (Å²) >= 11 is 1.11. The summed E-state index contributed by atoms with van der Waals surface area (Å²) in [4.78, 5) is 11.3. The molecule has 2 heterocycles. The van der Waals surface area contributed by atoms with Crippen LogP contribution in [-0.4, -0.2) is 26.5 Å². The van der Waals surface area contributed by atoms with Gasteiger partial charge in [-0.2, -0.15) is 10.3 Å². The van der Waals surface area contributed by atoms with Crippen LogP contribution < -0.4 is 0 Å². The summed E-state index contributed by atoms with van der Waals surface area (Å²) in [6.07, 6.45) is 0. The lowest BCUT2D eigenvalue weighted by Gasteiger charge is -1.79. The van der Waals surface area contributed by atoms with Gasteiger partial charge in [-0.05, 0) is 6.07 Å². The highest BCUT2D eigenvalue weighted by molar-refractivity contribution is 7.20. The van der Waals surface area contributed by atoms with Gasteiger partial charge in [-0.3, -0.25) is 0 Å². The second-order valence-corrected chi connectivity index (χ2v) is 2.96. The van der Waals surface area contributed by atoms with Crippen LogP contribution in [0.2, 0.25) is 0 Å². The Kier molecular flexibility index (Phi) is 1.16. The Morgan fingerprint density at radius 3 is 3.09 bits per heavy atom. The quantitative estimate of drug-likeness (QED) is 0.659. The van der Waals surface area contributed by atoms with Gasteiger partial charge in [0.05, 0.1) is 0 Å². The number of hydrogen-bond donors (Lipinski definition) is 2. The van der Waals surface area contributed by atoms with Gasteiger partial charge in [0.1, 0.15) is 10.4 Å². The maximum Gasteiger partial charge on any atom is 0.346 e. The van der Waals surface area contributed by atoms with Crippen molar-refractivity contribution in [1.82, 2.24) is 15.4 Å². The third-order valence-electron chi connectivity index (χ3n) is 1.23. The van der Waals surface area contributed by atoms with Gasteiger partial charge in [0.15, 0.2) is 4.83 Å². The number of hydrogen-bond acceptors (Lipinski definition) is 4. The maximum absolute atomic E-state index is 10.4. The molecule has 2 rings (SSSR count). The molecular formula is C5H3N3O2S. The summed E-state index contributed by atoms with van der Waals surface area (Å²) in [5.41, 5.74) is 0.604. The van der Waals surface area contributed by atoms with E-state index in [4.69, 9.17) is 5.11 Å². The topological polar surface area (TPSA) is 78.9 Å². The fourth-order valence-electron chi connectivity index (χ4n) is 0.762. The monoisotopic (exact) mass is 169 g/mol. The highest BCUT2D eigenvalue weighted by Crippen LogP contribution is 2.20. The predicted molar refractivity (Wildman–Crippen MR) is 38.7 cm³/mol. The third kappa shape index (κ3) is 0.874. The first-order valence-electron chi connectivity index (χ1n) is 2.81. The van der Waals surface area contributed by atoms with Crippen LogP contribution in [0.4, 0.5) is 0 Å². The van der Waals surface area contributed by atoms with Gasteiger partial charge >= 0.3 is 5.97 Å². The summed E-state index contributed by atoms with van der Waals surface area (Å²) in [6.45, 7) is 0. The zero-order valence-electron chi connectivity index (χ0n) is 5.24. The number of H-pyrrole nitrogens is 1. The van der Waals surface area contributed by atoms with Crippen LogP contribution in [0.5, 0.6) is 0 Å². The number of carboxylic acid groups (broad SMARTS) is 1. The Labute approximate surface area is 64.7 Å². The number of aromatic amines is 1. The van der Waals surface area contributed by atoms with E-state index in [9.17, 15) is 4.79 Å². The third-order valence-corrected chi connectivity index (χ3v) is 2.23. The maximum atomic E-state index is 10.4. The van der Waals surface area contributed by atoms with E-state index >= 15 is 0 Å². The number of aromatic carboxylic acids is 1. The first-order valence-corrected chi connectivity index (χ1v) is 3.62. The molecule has 0 bridgehead atoms. The molecule has 0 saturated carbocycles. The van der Waals surface area contributed by atoms with E-state index in [0.29, 0.717) is 10.3 Å². The van der Waals surface area contributed by atoms with Crippen molar-refractivity contribution in [3.63, 3.8) is 0 Å². The van der Waals surface area contributed by atoms with Crippen molar-refractivity contribution >= 4 is 27.7 Å². The van der Waals surface area contributed by atoms with Crippen LogP contribution in [0, 0.1) is 0 Å². The van der Waals surface area contributed by atoms with E-state index in [1.807, 2.05) is 0 Å². The Balaban J connectivity index is 2.67. The van der Waals surface area contributed by atoms with Crippen molar-refractivity contribution in [1.29, 1.82) is 0 Å². The van der Waals surface area contributed by atoms with Gasteiger partial charge in [0.25, 0.3) is 0 Å². The molecule has 5 nitrogen and oxygen atoms in total. The minimum atomic E-state index is -0.935. The van der Waals surface area contributed by atoms with Gasteiger partial charge < -0.3 is 5.11 Å². The summed E-state index contributed by atoms with van der Waals surface area (Å²) in [7, 11) is 0. The van der Waals surface area contributed by atoms with Crippen LogP contribution in [-0.2, 0) is 0 Å². The van der Waals surface area contributed by atoms with Gasteiger partial charge in [-0.15, -0.1) is 16.4 Å². The number of carboxylic acids is 1. The fraction of sp³-hybridized carbons (Fsp3) is 0. The molecule has 0 saturated heterocycles. The van der Waals surface area contributed by atoms with Crippen LogP contribution in [0.1, 0.15) is 9.67 Å². The summed E-state index contributed by atoms with van der Waals surface area (Å²) < 4.78 is 0. The molecule has 0 radical (unpaired) electrons. The molecule has 0 aliphatic heterocycles. The number of thiophene rings is 1. The lowest BCUT2D eigenvalue weighted by molar-refractivity contribution is 0.0702. The molecule has 2 aromatic rings. The average Bonchev–Trinajstić information content (AvgIpc) is 2.40. The van der Waals surface area contributed by atoms with Crippen LogP contribution in [0.25, 0.3) is 10.3 Å². The minimum absolute atomic E-state index is 0.268. The Morgan fingerprint density at radius 1 is 1.64 bits per heavy atom. The molecule has 2 N–H and O–H groups in total. The predicted octanol–water partition coefficient (Wildman–Crippen LogP) is 0.718.